The second-order valence-electron chi connectivity index (χ2n) is 5.38. The van der Waals surface area contributed by atoms with Crippen LogP contribution in [-0.4, -0.2) is 22.5 Å². The van der Waals surface area contributed by atoms with Crippen molar-refractivity contribution in [2.75, 3.05) is 6.61 Å². The van der Waals surface area contributed by atoms with Crippen molar-refractivity contribution < 1.29 is 14.5 Å². The average molecular weight is 292 g/mol. The predicted molar refractivity (Wildman–Crippen MR) is 77.1 cm³/mol. The lowest BCUT2D eigenvalue weighted by Gasteiger charge is -2.20. The third-order valence-corrected chi connectivity index (χ3v) is 3.86. The van der Waals surface area contributed by atoms with Gasteiger partial charge in [-0.15, -0.1) is 0 Å². The summed E-state index contributed by atoms with van der Waals surface area (Å²) in [6.07, 6.45) is 7.78. The zero-order valence-electron chi connectivity index (χ0n) is 12.2. The molecule has 1 aliphatic rings. The Hall–Kier alpha value is -1.98. The fourth-order valence-corrected chi connectivity index (χ4v) is 2.79. The molecule has 21 heavy (non-hydrogen) atoms. The van der Waals surface area contributed by atoms with Gasteiger partial charge in [0, 0.05) is 12.3 Å². The summed E-state index contributed by atoms with van der Waals surface area (Å²) >= 11 is 0. The molecule has 0 radical (unpaired) electrons. The molecule has 2 rings (SSSR count). The van der Waals surface area contributed by atoms with Crippen LogP contribution >= 0.6 is 0 Å². The van der Waals surface area contributed by atoms with E-state index >= 15 is 0 Å². The molecule has 1 aliphatic carbocycles. The summed E-state index contributed by atoms with van der Waals surface area (Å²) < 4.78 is 4.85. The molecule has 1 aromatic heterocycles. The van der Waals surface area contributed by atoms with Crippen LogP contribution in [0.25, 0.3) is 0 Å². The Kier molecular flexibility index (Phi) is 5.25. The van der Waals surface area contributed by atoms with E-state index in [9.17, 15) is 14.9 Å². The first-order valence-corrected chi connectivity index (χ1v) is 7.42. The molecule has 0 bridgehead atoms. The minimum absolute atomic E-state index is 0.0777. The fourth-order valence-electron chi connectivity index (χ4n) is 2.79. The monoisotopic (exact) mass is 292 g/mol. The van der Waals surface area contributed by atoms with Crippen molar-refractivity contribution in [1.29, 1.82) is 0 Å². The van der Waals surface area contributed by atoms with Gasteiger partial charge in [-0.1, -0.05) is 32.1 Å². The average Bonchev–Trinajstić information content (AvgIpc) is 2.48. The highest BCUT2D eigenvalue weighted by Gasteiger charge is 2.23. The first-order chi connectivity index (χ1) is 10.1. The van der Waals surface area contributed by atoms with Crippen molar-refractivity contribution in [1.82, 2.24) is 4.98 Å². The topological polar surface area (TPSA) is 82.3 Å². The number of pyridine rings is 1. The van der Waals surface area contributed by atoms with Crippen LogP contribution in [-0.2, 0) is 11.2 Å². The molecule has 0 aromatic carbocycles. The molecular formula is C15H20N2O4. The maximum Gasteiger partial charge on any atom is 0.339 e. The lowest BCUT2D eigenvalue weighted by Crippen LogP contribution is -2.13. The number of esters is 1. The highest BCUT2D eigenvalue weighted by molar-refractivity contribution is 5.89. The minimum atomic E-state index is -0.572. The van der Waals surface area contributed by atoms with E-state index < -0.39 is 10.9 Å². The Balaban J connectivity index is 2.20. The van der Waals surface area contributed by atoms with Crippen LogP contribution in [0.4, 0.5) is 5.69 Å². The molecule has 114 valence electrons. The van der Waals surface area contributed by atoms with Gasteiger partial charge >= 0.3 is 5.97 Å². The maximum absolute atomic E-state index is 11.6. The Morgan fingerprint density at radius 3 is 2.76 bits per heavy atom. The summed E-state index contributed by atoms with van der Waals surface area (Å²) in [6, 6.07) is 1.28. The molecule has 0 aliphatic heterocycles. The van der Waals surface area contributed by atoms with Crippen molar-refractivity contribution in [2.45, 2.75) is 45.4 Å². The van der Waals surface area contributed by atoms with Crippen LogP contribution in [0.2, 0.25) is 0 Å². The summed E-state index contributed by atoms with van der Waals surface area (Å²) in [5, 5.41) is 11.2. The van der Waals surface area contributed by atoms with E-state index in [4.69, 9.17) is 4.74 Å². The number of hydrogen-bond donors (Lipinski definition) is 0. The summed E-state index contributed by atoms with van der Waals surface area (Å²) in [4.78, 5) is 26.5. The lowest BCUT2D eigenvalue weighted by atomic mass is 9.86. The number of carbonyl (C=O) groups is 1. The second kappa shape index (κ2) is 7.15. The number of rotatable bonds is 5. The minimum Gasteiger partial charge on any atom is -0.462 e. The van der Waals surface area contributed by atoms with Gasteiger partial charge in [-0.05, 0) is 19.3 Å². The number of nitro groups is 1. The highest BCUT2D eigenvalue weighted by atomic mass is 16.6. The van der Waals surface area contributed by atoms with Crippen molar-refractivity contribution in [3.8, 4) is 0 Å². The van der Waals surface area contributed by atoms with E-state index in [-0.39, 0.29) is 17.9 Å². The summed E-state index contributed by atoms with van der Waals surface area (Å²) in [7, 11) is 0. The molecule has 1 fully saturated rings. The molecule has 1 aromatic rings. The van der Waals surface area contributed by atoms with Gasteiger partial charge in [-0.2, -0.15) is 0 Å². The number of nitrogens with zero attached hydrogens (tertiary/aromatic N) is 2. The summed E-state index contributed by atoms with van der Waals surface area (Å²) in [5.74, 6) is -0.115. The molecule has 1 saturated carbocycles. The van der Waals surface area contributed by atoms with Gasteiger partial charge in [-0.3, -0.25) is 15.1 Å². The fraction of sp³-hybridized carbons (Fsp3) is 0.600. The largest absolute Gasteiger partial charge is 0.462 e. The van der Waals surface area contributed by atoms with Crippen molar-refractivity contribution >= 4 is 11.7 Å². The van der Waals surface area contributed by atoms with Gasteiger partial charge in [0.05, 0.1) is 17.1 Å². The maximum atomic E-state index is 11.6. The molecule has 6 nitrogen and oxygen atoms in total. The quantitative estimate of drug-likeness (QED) is 0.472. The second-order valence-corrected chi connectivity index (χ2v) is 5.38. The van der Waals surface area contributed by atoms with E-state index in [1.165, 1.54) is 31.5 Å². The van der Waals surface area contributed by atoms with Crippen LogP contribution in [0.15, 0.2) is 12.3 Å². The summed E-state index contributed by atoms with van der Waals surface area (Å²) in [6.45, 7) is 1.92. The van der Waals surface area contributed by atoms with Gasteiger partial charge in [0.15, 0.2) is 0 Å². The van der Waals surface area contributed by atoms with Crippen molar-refractivity contribution in [2.24, 2.45) is 5.92 Å². The number of carbonyl (C=O) groups excluding carboxylic acids is 1. The van der Waals surface area contributed by atoms with Crippen molar-refractivity contribution in [3.63, 3.8) is 0 Å². The molecule has 6 heteroatoms. The van der Waals surface area contributed by atoms with E-state index in [1.807, 2.05) is 0 Å². The molecule has 0 amide bonds. The van der Waals surface area contributed by atoms with Crippen LogP contribution < -0.4 is 0 Å². The van der Waals surface area contributed by atoms with E-state index in [0.29, 0.717) is 18.0 Å². The number of aromatic nitrogens is 1. The summed E-state index contributed by atoms with van der Waals surface area (Å²) in [5.41, 5.74) is 0.530. The van der Waals surface area contributed by atoms with Gasteiger partial charge in [0.1, 0.15) is 5.69 Å². The molecule has 1 heterocycles. The molecular weight excluding hydrogens is 272 g/mol. The Labute approximate surface area is 123 Å². The third-order valence-electron chi connectivity index (χ3n) is 3.86. The molecule has 0 spiro atoms. The smallest absolute Gasteiger partial charge is 0.339 e. The normalized spacial score (nSPS) is 15.7. The number of ether oxygens (including phenoxy) is 1. The van der Waals surface area contributed by atoms with Crippen LogP contribution in [0.1, 0.15) is 55.1 Å². The van der Waals surface area contributed by atoms with Gasteiger partial charge < -0.3 is 4.74 Å². The predicted octanol–water partition coefficient (Wildman–Crippen LogP) is 3.29. The van der Waals surface area contributed by atoms with Crippen LogP contribution in [0.3, 0.4) is 0 Å². The molecule has 0 N–H and O–H groups in total. The van der Waals surface area contributed by atoms with E-state index in [1.54, 1.807) is 6.92 Å². The van der Waals surface area contributed by atoms with Gasteiger partial charge in [0.25, 0.3) is 5.69 Å². The Bertz CT molecular complexity index is 524. The first kappa shape index (κ1) is 15.4. The lowest BCUT2D eigenvalue weighted by molar-refractivity contribution is -0.386. The zero-order chi connectivity index (χ0) is 15.2. The first-order valence-electron chi connectivity index (χ1n) is 7.42. The van der Waals surface area contributed by atoms with Crippen molar-refractivity contribution in [3.05, 3.63) is 33.6 Å². The highest BCUT2D eigenvalue weighted by Crippen LogP contribution is 2.29. The van der Waals surface area contributed by atoms with E-state index in [0.717, 1.165) is 12.8 Å². The van der Waals surface area contributed by atoms with Gasteiger partial charge in [0.2, 0.25) is 0 Å². The van der Waals surface area contributed by atoms with Crippen LogP contribution in [0, 0.1) is 16.0 Å². The molecule has 0 saturated heterocycles. The standard InChI is InChI=1S/C15H20N2O4/c1-2-21-15(18)12-9-14(17(19)20)13(16-10-12)8-11-6-4-3-5-7-11/h9-11H,2-8H2,1H3. The molecule has 0 unspecified atom stereocenters. The number of hydrogen-bond acceptors (Lipinski definition) is 5. The zero-order valence-corrected chi connectivity index (χ0v) is 12.2. The Morgan fingerprint density at radius 1 is 1.43 bits per heavy atom. The van der Waals surface area contributed by atoms with Gasteiger partial charge in [-0.25, -0.2) is 4.79 Å². The molecule has 0 atom stereocenters. The van der Waals surface area contributed by atoms with E-state index in [2.05, 4.69) is 4.98 Å². The van der Waals surface area contributed by atoms with Crippen LogP contribution in [0.5, 0.6) is 0 Å². The third kappa shape index (κ3) is 4.00. The Morgan fingerprint density at radius 2 is 2.14 bits per heavy atom. The SMILES string of the molecule is CCOC(=O)c1cnc(CC2CCCCC2)c([N+](=O)[O-])c1.